The van der Waals surface area contributed by atoms with Crippen LogP contribution in [0.5, 0.6) is 0 Å². The first kappa shape index (κ1) is 20.0. The van der Waals surface area contributed by atoms with E-state index in [-0.39, 0.29) is 22.5 Å². The lowest BCUT2D eigenvalue weighted by atomic mass is 10.0. The summed E-state index contributed by atoms with van der Waals surface area (Å²) in [5.74, 6) is -0.677. The van der Waals surface area contributed by atoms with Crippen LogP contribution in [0.4, 0.5) is 10.1 Å². The zero-order chi connectivity index (χ0) is 21.1. The van der Waals surface area contributed by atoms with Crippen LogP contribution in [0.3, 0.4) is 0 Å². The summed E-state index contributed by atoms with van der Waals surface area (Å²) in [6.07, 6.45) is 4.66. The fraction of sp³-hybridized carbons (Fsp3) is 0.250. The van der Waals surface area contributed by atoms with Crippen molar-refractivity contribution in [2.24, 2.45) is 0 Å². The number of likely N-dealkylation sites (tertiary alicyclic amines) is 1. The summed E-state index contributed by atoms with van der Waals surface area (Å²) in [6, 6.07) is 11.1. The number of piperidine rings is 1. The van der Waals surface area contributed by atoms with Gasteiger partial charge in [-0.3, -0.25) is 9.52 Å². The molecule has 10 heteroatoms. The predicted molar refractivity (Wildman–Crippen MR) is 108 cm³/mol. The molecule has 0 saturated carbocycles. The molecule has 0 atom stereocenters. The molecule has 0 unspecified atom stereocenters. The molecule has 4 rings (SSSR count). The number of carbonyl (C=O) groups excluding carboxylic acids is 1. The van der Waals surface area contributed by atoms with Crippen LogP contribution in [-0.4, -0.2) is 47.1 Å². The first-order valence-electron chi connectivity index (χ1n) is 9.44. The number of rotatable bonds is 5. The number of anilines is 1. The van der Waals surface area contributed by atoms with Crippen molar-refractivity contribution in [2.45, 2.75) is 23.8 Å². The van der Waals surface area contributed by atoms with Crippen LogP contribution in [0.15, 0.2) is 66.1 Å². The van der Waals surface area contributed by atoms with Crippen molar-refractivity contribution in [3.05, 3.63) is 72.6 Å². The average molecular weight is 429 g/mol. The van der Waals surface area contributed by atoms with Gasteiger partial charge in [0.25, 0.3) is 15.9 Å². The maximum absolute atomic E-state index is 13.0. The molecule has 30 heavy (non-hydrogen) atoms. The second-order valence-electron chi connectivity index (χ2n) is 7.04. The van der Waals surface area contributed by atoms with Gasteiger partial charge < -0.3 is 4.90 Å². The van der Waals surface area contributed by atoms with E-state index < -0.39 is 15.8 Å². The third-order valence-electron chi connectivity index (χ3n) is 5.05. The SMILES string of the molecule is O=C(c1cccc(S(=O)(=O)Nc2ccc(F)cc2)c1)N1CCC(n2cncn2)CC1. The summed E-state index contributed by atoms with van der Waals surface area (Å²) in [5, 5.41) is 4.15. The number of nitrogens with zero attached hydrogens (tertiary/aromatic N) is 4. The molecule has 1 saturated heterocycles. The van der Waals surface area contributed by atoms with Gasteiger partial charge in [-0.1, -0.05) is 6.07 Å². The van der Waals surface area contributed by atoms with E-state index in [9.17, 15) is 17.6 Å². The zero-order valence-corrected chi connectivity index (χ0v) is 16.8. The van der Waals surface area contributed by atoms with Crippen LogP contribution in [-0.2, 0) is 10.0 Å². The molecule has 2 aromatic carbocycles. The standard InChI is InChI=1S/C20H20FN5O3S/c21-16-4-6-17(7-5-16)24-30(28,29)19-3-1-2-15(12-19)20(27)25-10-8-18(9-11-25)26-14-22-13-23-26/h1-7,12-14,18,24H,8-11H2. The molecule has 2 heterocycles. The van der Waals surface area contributed by atoms with Crippen molar-refractivity contribution in [1.82, 2.24) is 19.7 Å². The molecule has 156 valence electrons. The Kier molecular flexibility index (Phi) is 5.49. The van der Waals surface area contributed by atoms with E-state index >= 15 is 0 Å². The smallest absolute Gasteiger partial charge is 0.261 e. The molecule has 1 N–H and O–H groups in total. The van der Waals surface area contributed by atoms with Gasteiger partial charge in [0.15, 0.2) is 0 Å². The lowest BCUT2D eigenvalue weighted by molar-refractivity contribution is 0.0689. The molecular weight excluding hydrogens is 409 g/mol. The normalized spacial score (nSPS) is 15.2. The summed E-state index contributed by atoms with van der Waals surface area (Å²) < 4.78 is 42.6. The van der Waals surface area contributed by atoms with Crippen LogP contribution < -0.4 is 4.72 Å². The van der Waals surface area contributed by atoms with Gasteiger partial charge in [-0.15, -0.1) is 0 Å². The molecular formula is C20H20FN5O3S. The number of amides is 1. The van der Waals surface area contributed by atoms with Gasteiger partial charge in [-0.2, -0.15) is 5.10 Å². The molecule has 1 fully saturated rings. The summed E-state index contributed by atoms with van der Waals surface area (Å²) in [6.45, 7) is 1.10. The minimum Gasteiger partial charge on any atom is -0.338 e. The first-order chi connectivity index (χ1) is 14.4. The van der Waals surface area contributed by atoms with Crippen molar-refractivity contribution in [3.63, 3.8) is 0 Å². The highest BCUT2D eigenvalue weighted by Crippen LogP contribution is 2.23. The number of carbonyl (C=O) groups is 1. The molecule has 0 aliphatic carbocycles. The molecule has 0 radical (unpaired) electrons. The fourth-order valence-corrected chi connectivity index (χ4v) is 4.55. The van der Waals surface area contributed by atoms with Crippen LogP contribution in [0.25, 0.3) is 0 Å². The second kappa shape index (κ2) is 8.23. The highest BCUT2D eigenvalue weighted by Gasteiger charge is 2.26. The number of hydrogen-bond donors (Lipinski definition) is 1. The van der Waals surface area contributed by atoms with Crippen molar-refractivity contribution < 1.29 is 17.6 Å². The number of halogens is 1. The maximum atomic E-state index is 13.0. The van der Waals surface area contributed by atoms with Crippen LogP contribution in [0.1, 0.15) is 29.2 Å². The Morgan fingerprint density at radius 1 is 1.10 bits per heavy atom. The van der Waals surface area contributed by atoms with E-state index in [2.05, 4.69) is 14.8 Å². The Bertz CT molecular complexity index is 1130. The first-order valence-corrected chi connectivity index (χ1v) is 10.9. The van der Waals surface area contributed by atoms with Gasteiger partial charge >= 0.3 is 0 Å². The maximum Gasteiger partial charge on any atom is 0.261 e. The molecule has 3 aromatic rings. The van der Waals surface area contributed by atoms with Gasteiger partial charge in [0.1, 0.15) is 18.5 Å². The lowest BCUT2D eigenvalue weighted by Crippen LogP contribution is -2.39. The summed E-state index contributed by atoms with van der Waals surface area (Å²) in [4.78, 5) is 18.5. The summed E-state index contributed by atoms with van der Waals surface area (Å²) in [5.41, 5.74) is 0.541. The third kappa shape index (κ3) is 4.33. The quantitative estimate of drug-likeness (QED) is 0.673. The van der Waals surface area contributed by atoms with E-state index in [4.69, 9.17) is 0 Å². The Morgan fingerprint density at radius 2 is 1.83 bits per heavy atom. The van der Waals surface area contributed by atoms with E-state index in [1.54, 1.807) is 22.0 Å². The van der Waals surface area contributed by atoms with E-state index in [1.165, 1.54) is 48.8 Å². The van der Waals surface area contributed by atoms with E-state index in [1.807, 2.05) is 0 Å². The van der Waals surface area contributed by atoms with Crippen LogP contribution >= 0.6 is 0 Å². The molecule has 0 spiro atoms. The van der Waals surface area contributed by atoms with Gasteiger partial charge in [0, 0.05) is 24.3 Å². The third-order valence-corrected chi connectivity index (χ3v) is 6.43. The molecule has 8 nitrogen and oxygen atoms in total. The van der Waals surface area contributed by atoms with Crippen LogP contribution in [0, 0.1) is 5.82 Å². The van der Waals surface area contributed by atoms with Gasteiger partial charge in [-0.25, -0.2) is 22.5 Å². The van der Waals surface area contributed by atoms with E-state index in [0.717, 1.165) is 12.8 Å². The van der Waals surface area contributed by atoms with Gasteiger partial charge in [0.2, 0.25) is 0 Å². The summed E-state index contributed by atoms with van der Waals surface area (Å²) >= 11 is 0. The summed E-state index contributed by atoms with van der Waals surface area (Å²) in [7, 11) is -3.91. The van der Waals surface area contributed by atoms with Crippen molar-refractivity contribution >= 4 is 21.6 Å². The second-order valence-corrected chi connectivity index (χ2v) is 8.72. The topological polar surface area (TPSA) is 97.2 Å². The Labute approximate surface area is 173 Å². The molecule has 1 aromatic heterocycles. The van der Waals surface area contributed by atoms with Crippen molar-refractivity contribution in [3.8, 4) is 0 Å². The Balaban J connectivity index is 1.46. The van der Waals surface area contributed by atoms with Crippen LogP contribution in [0.2, 0.25) is 0 Å². The number of sulfonamides is 1. The van der Waals surface area contributed by atoms with Crippen molar-refractivity contribution in [2.75, 3.05) is 17.8 Å². The average Bonchev–Trinajstić information content (AvgIpc) is 3.30. The number of nitrogens with one attached hydrogen (secondary N) is 1. The van der Waals surface area contributed by atoms with Gasteiger partial charge in [0.05, 0.1) is 10.9 Å². The number of hydrogen-bond acceptors (Lipinski definition) is 5. The Morgan fingerprint density at radius 3 is 2.50 bits per heavy atom. The Hall–Kier alpha value is -3.27. The highest BCUT2D eigenvalue weighted by atomic mass is 32.2. The zero-order valence-electron chi connectivity index (χ0n) is 16.0. The fourth-order valence-electron chi connectivity index (χ4n) is 3.45. The van der Waals surface area contributed by atoms with Crippen molar-refractivity contribution in [1.29, 1.82) is 0 Å². The lowest BCUT2D eigenvalue weighted by Gasteiger charge is -2.32. The number of benzene rings is 2. The molecule has 0 bridgehead atoms. The molecule has 1 aliphatic heterocycles. The van der Waals surface area contributed by atoms with Gasteiger partial charge in [-0.05, 0) is 55.3 Å². The van der Waals surface area contributed by atoms with E-state index in [0.29, 0.717) is 18.7 Å². The number of aromatic nitrogens is 3. The minimum absolute atomic E-state index is 0.0322. The molecule has 1 amide bonds. The largest absolute Gasteiger partial charge is 0.338 e. The molecule has 1 aliphatic rings. The minimum atomic E-state index is -3.91. The monoisotopic (exact) mass is 429 g/mol. The highest BCUT2D eigenvalue weighted by molar-refractivity contribution is 7.92. The predicted octanol–water partition coefficient (Wildman–Crippen LogP) is 2.70.